The minimum atomic E-state index is -0.550. The standard InChI is InChI=1S/C18H17ClN2O3.C7H9N/c19-10-1-4-12(5-2-10)24-18(23)17-16-13(7-8-20-17)14-9-11(22)3-6-15(14)21-16;1-8-7-5-3-2-4-6-7/h1,3-6,9-10,17,20-22H,2,7-8H2;2-6,8H,1H3. The molecule has 1 aromatic heterocycles. The summed E-state index contributed by atoms with van der Waals surface area (Å²) < 4.78 is 5.50. The average molecular weight is 452 g/mol. The quantitative estimate of drug-likeness (QED) is 0.340. The first-order chi connectivity index (χ1) is 15.5. The van der Waals surface area contributed by atoms with Crippen molar-refractivity contribution in [3.05, 3.63) is 83.8 Å². The summed E-state index contributed by atoms with van der Waals surface area (Å²) in [6.07, 6.45) is 6.80. The molecular weight excluding hydrogens is 426 g/mol. The van der Waals surface area contributed by atoms with E-state index < -0.39 is 6.04 Å². The molecule has 0 saturated heterocycles. The van der Waals surface area contributed by atoms with Gasteiger partial charge in [0.25, 0.3) is 0 Å². The summed E-state index contributed by atoms with van der Waals surface area (Å²) >= 11 is 5.98. The van der Waals surface area contributed by atoms with Crippen molar-refractivity contribution in [2.24, 2.45) is 0 Å². The molecule has 3 aromatic rings. The third-order valence-corrected chi connectivity index (χ3v) is 5.79. The number of phenolic OH excluding ortho intramolecular Hbond substituents is 1. The van der Waals surface area contributed by atoms with E-state index in [4.69, 9.17) is 16.3 Å². The number of aromatic hydroxyl groups is 1. The number of nitrogens with one attached hydrogen (secondary N) is 3. The fourth-order valence-electron chi connectivity index (χ4n) is 3.85. The summed E-state index contributed by atoms with van der Waals surface area (Å²) in [5.41, 5.74) is 3.92. The first kappa shape index (κ1) is 22.0. The molecule has 2 aliphatic rings. The molecule has 0 spiro atoms. The Bertz CT molecular complexity index is 1150. The molecule has 5 rings (SSSR count). The van der Waals surface area contributed by atoms with Crippen LogP contribution in [0.3, 0.4) is 0 Å². The fourth-order valence-corrected chi connectivity index (χ4v) is 4.01. The van der Waals surface area contributed by atoms with Gasteiger partial charge in [0.1, 0.15) is 17.6 Å². The Morgan fingerprint density at radius 1 is 1.22 bits per heavy atom. The number of H-pyrrole nitrogens is 1. The van der Waals surface area contributed by atoms with Gasteiger partial charge in [-0.2, -0.15) is 0 Å². The molecule has 7 heteroatoms. The van der Waals surface area contributed by atoms with E-state index in [1.165, 1.54) is 0 Å². The Morgan fingerprint density at radius 2 is 2.03 bits per heavy atom. The molecule has 2 unspecified atom stereocenters. The fraction of sp³-hybridized carbons (Fsp3) is 0.240. The summed E-state index contributed by atoms with van der Waals surface area (Å²) in [4.78, 5) is 15.9. The van der Waals surface area contributed by atoms with Crippen molar-refractivity contribution in [2.75, 3.05) is 18.9 Å². The zero-order valence-corrected chi connectivity index (χ0v) is 18.5. The largest absolute Gasteiger partial charge is 0.508 e. The van der Waals surface area contributed by atoms with Gasteiger partial charge in [0.15, 0.2) is 0 Å². The number of allylic oxidation sites excluding steroid dienone is 3. The topological polar surface area (TPSA) is 86.4 Å². The highest BCUT2D eigenvalue weighted by molar-refractivity contribution is 6.22. The molecule has 0 amide bonds. The number of esters is 1. The van der Waals surface area contributed by atoms with Crippen LogP contribution in [-0.2, 0) is 16.0 Å². The SMILES string of the molecule is CNc1ccccc1.O=C(OC1=CCC(Cl)C=C1)C1NCCc2c1[nH]c1ccc(O)cc21. The van der Waals surface area contributed by atoms with E-state index in [1.54, 1.807) is 18.2 Å². The van der Waals surface area contributed by atoms with Gasteiger partial charge in [0.2, 0.25) is 0 Å². The normalized spacial score (nSPS) is 19.4. The Morgan fingerprint density at radius 3 is 2.72 bits per heavy atom. The van der Waals surface area contributed by atoms with Crippen LogP contribution in [0.1, 0.15) is 23.7 Å². The second-order valence-corrected chi connectivity index (χ2v) is 8.20. The summed E-state index contributed by atoms with van der Waals surface area (Å²) in [6.45, 7) is 0.675. The van der Waals surface area contributed by atoms with Crippen molar-refractivity contribution >= 4 is 34.2 Å². The summed E-state index contributed by atoms with van der Waals surface area (Å²) in [7, 11) is 1.91. The van der Waals surface area contributed by atoms with Crippen molar-refractivity contribution in [2.45, 2.75) is 24.3 Å². The van der Waals surface area contributed by atoms with Gasteiger partial charge in [-0.1, -0.05) is 24.3 Å². The molecule has 2 heterocycles. The van der Waals surface area contributed by atoms with Gasteiger partial charge in [-0.25, -0.2) is 4.79 Å². The number of aromatic amines is 1. The molecule has 166 valence electrons. The molecule has 0 fully saturated rings. The van der Waals surface area contributed by atoms with E-state index in [1.807, 2.05) is 55.6 Å². The lowest BCUT2D eigenvalue weighted by molar-refractivity contribution is -0.142. The molecule has 2 atom stereocenters. The van der Waals surface area contributed by atoms with Crippen LogP contribution in [0.5, 0.6) is 5.75 Å². The number of carbonyl (C=O) groups excluding carboxylic acids is 1. The van der Waals surface area contributed by atoms with Crippen molar-refractivity contribution in [3.8, 4) is 5.75 Å². The number of phenols is 1. The molecule has 32 heavy (non-hydrogen) atoms. The van der Waals surface area contributed by atoms with Gasteiger partial charge in [-0.15, -0.1) is 11.6 Å². The molecule has 0 radical (unpaired) electrons. The van der Waals surface area contributed by atoms with Crippen LogP contribution >= 0.6 is 11.6 Å². The molecule has 1 aliphatic carbocycles. The number of aromatic nitrogens is 1. The smallest absolute Gasteiger partial charge is 0.334 e. The van der Waals surface area contributed by atoms with Crippen LogP contribution < -0.4 is 10.6 Å². The van der Waals surface area contributed by atoms with Crippen molar-refractivity contribution in [1.82, 2.24) is 10.3 Å². The van der Waals surface area contributed by atoms with E-state index in [0.717, 1.165) is 34.3 Å². The van der Waals surface area contributed by atoms with Crippen molar-refractivity contribution < 1.29 is 14.6 Å². The lowest BCUT2D eigenvalue weighted by atomic mass is 9.99. The lowest BCUT2D eigenvalue weighted by Gasteiger charge is -2.23. The first-order valence-electron chi connectivity index (χ1n) is 10.6. The second-order valence-electron chi connectivity index (χ2n) is 7.64. The number of hydrogen-bond donors (Lipinski definition) is 4. The molecule has 4 N–H and O–H groups in total. The Hall–Kier alpha value is -3.22. The third-order valence-electron chi connectivity index (χ3n) is 5.46. The second kappa shape index (κ2) is 9.94. The number of hydrogen-bond acceptors (Lipinski definition) is 5. The van der Waals surface area contributed by atoms with E-state index in [2.05, 4.69) is 15.6 Å². The average Bonchev–Trinajstić information content (AvgIpc) is 3.19. The Labute approximate surface area is 191 Å². The number of rotatable bonds is 3. The van der Waals surface area contributed by atoms with E-state index in [0.29, 0.717) is 18.7 Å². The van der Waals surface area contributed by atoms with Gasteiger partial charge < -0.3 is 20.1 Å². The molecule has 2 aromatic carbocycles. The minimum Gasteiger partial charge on any atom is -0.508 e. The molecule has 1 aliphatic heterocycles. The van der Waals surface area contributed by atoms with Gasteiger partial charge in [0.05, 0.1) is 5.38 Å². The van der Waals surface area contributed by atoms with Crippen LogP contribution in [-0.4, -0.2) is 35.0 Å². The van der Waals surface area contributed by atoms with Crippen LogP contribution in [0.2, 0.25) is 0 Å². The molecule has 0 saturated carbocycles. The zero-order chi connectivity index (χ0) is 22.5. The van der Waals surface area contributed by atoms with E-state index >= 15 is 0 Å². The number of ether oxygens (including phenoxy) is 1. The van der Waals surface area contributed by atoms with Crippen LogP contribution in [0.25, 0.3) is 10.9 Å². The number of benzene rings is 2. The number of anilines is 1. The van der Waals surface area contributed by atoms with Crippen LogP contribution in [0.15, 0.2) is 72.5 Å². The maximum Gasteiger partial charge on any atom is 0.334 e. The molecule has 6 nitrogen and oxygen atoms in total. The summed E-state index contributed by atoms with van der Waals surface area (Å²) in [5.74, 6) is 0.394. The molecular formula is C25H26ClN3O3. The number of para-hydroxylation sites is 1. The summed E-state index contributed by atoms with van der Waals surface area (Å²) in [5, 5.41) is 16.8. The Balaban J connectivity index is 0.000000260. The maximum absolute atomic E-state index is 12.6. The van der Waals surface area contributed by atoms with Crippen LogP contribution in [0.4, 0.5) is 5.69 Å². The monoisotopic (exact) mass is 451 g/mol. The predicted molar refractivity (Wildman–Crippen MR) is 128 cm³/mol. The lowest BCUT2D eigenvalue weighted by Crippen LogP contribution is -2.36. The van der Waals surface area contributed by atoms with Crippen LogP contribution in [0, 0.1) is 0 Å². The Kier molecular flexibility index (Phi) is 6.83. The summed E-state index contributed by atoms with van der Waals surface area (Å²) in [6, 6.07) is 14.7. The van der Waals surface area contributed by atoms with Crippen molar-refractivity contribution in [1.29, 1.82) is 0 Å². The minimum absolute atomic E-state index is 0.0479. The van der Waals surface area contributed by atoms with Gasteiger partial charge in [-0.05, 0) is 60.9 Å². The predicted octanol–water partition coefficient (Wildman–Crippen LogP) is 4.78. The number of alkyl halides is 1. The number of fused-ring (bicyclic) bond motifs is 3. The highest BCUT2D eigenvalue weighted by Crippen LogP contribution is 2.33. The van der Waals surface area contributed by atoms with Crippen molar-refractivity contribution in [3.63, 3.8) is 0 Å². The maximum atomic E-state index is 12.6. The number of carbonyl (C=O) groups is 1. The van der Waals surface area contributed by atoms with E-state index in [9.17, 15) is 9.90 Å². The van der Waals surface area contributed by atoms with Gasteiger partial charge in [0, 0.05) is 35.9 Å². The third kappa shape index (κ3) is 4.98. The van der Waals surface area contributed by atoms with Gasteiger partial charge in [-0.3, -0.25) is 5.32 Å². The number of halogens is 1. The van der Waals surface area contributed by atoms with Gasteiger partial charge >= 0.3 is 5.97 Å². The highest BCUT2D eigenvalue weighted by Gasteiger charge is 2.31. The highest BCUT2D eigenvalue weighted by atomic mass is 35.5. The van der Waals surface area contributed by atoms with E-state index in [-0.39, 0.29) is 17.1 Å². The zero-order valence-electron chi connectivity index (χ0n) is 17.8. The first-order valence-corrected chi connectivity index (χ1v) is 11.0. The molecule has 0 bridgehead atoms.